The Morgan fingerprint density at radius 2 is 2.33 bits per heavy atom. The fraction of sp³-hybridized carbons (Fsp3) is 0.583. The molecule has 0 aromatic carbocycles. The Morgan fingerprint density at radius 3 is 2.93 bits per heavy atom. The number of hydrogen-bond donors (Lipinski definition) is 1. The van der Waals surface area contributed by atoms with Gasteiger partial charge in [0.1, 0.15) is 0 Å². The van der Waals surface area contributed by atoms with Gasteiger partial charge in [-0.05, 0) is 33.1 Å². The molecule has 1 heterocycles. The number of thiazole rings is 1. The van der Waals surface area contributed by atoms with Crippen molar-refractivity contribution in [3.63, 3.8) is 0 Å². The smallest absolute Gasteiger partial charge is 0.0971 e. The summed E-state index contributed by atoms with van der Waals surface area (Å²) in [6.45, 7) is 4.22. The Kier molecular flexibility index (Phi) is 3.22. The largest absolute Gasteiger partial charge is 0.324 e. The summed E-state index contributed by atoms with van der Waals surface area (Å²) in [5.41, 5.74) is 8.57. The van der Waals surface area contributed by atoms with Crippen LogP contribution in [0.3, 0.4) is 0 Å². The standard InChI is InChI=1S/C12H18N2S/c1-8-9(2)15-12(14-8)7-10-4-3-5-11(13)6-10/h6,11H,3-5,7,13H2,1-2H3. The van der Waals surface area contributed by atoms with E-state index in [1.165, 1.54) is 34.0 Å². The highest BCUT2D eigenvalue weighted by Crippen LogP contribution is 2.24. The second-order valence-electron chi connectivity index (χ2n) is 4.31. The minimum Gasteiger partial charge on any atom is -0.324 e. The Hall–Kier alpha value is -0.670. The first kappa shape index (κ1) is 10.8. The summed E-state index contributed by atoms with van der Waals surface area (Å²) in [5.74, 6) is 0. The van der Waals surface area contributed by atoms with Crippen molar-refractivity contribution >= 4 is 11.3 Å². The van der Waals surface area contributed by atoms with Crippen molar-refractivity contribution in [2.45, 2.75) is 45.6 Å². The fourth-order valence-corrected chi connectivity index (χ4v) is 2.98. The van der Waals surface area contributed by atoms with Crippen LogP contribution in [0.25, 0.3) is 0 Å². The Labute approximate surface area is 95.2 Å². The van der Waals surface area contributed by atoms with Crippen molar-refractivity contribution < 1.29 is 0 Å². The third-order valence-electron chi connectivity index (χ3n) is 2.94. The molecule has 1 unspecified atom stereocenters. The van der Waals surface area contributed by atoms with E-state index in [0.717, 1.165) is 12.8 Å². The van der Waals surface area contributed by atoms with Gasteiger partial charge in [0.15, 0.2) is 0 Å². The van der Waals surface area contributed by atoms with Crippen molar-refractivity contribution in [1.82, 2.24) is 4.98 Å². The highest BCUT2D eigenvalue weighted by Gasteiger charge is 2.12. The van der Waals surface area contributed by atoms with Gasteiger partial charge in [-0.1, -0.05) is 11.6 Å². The van der Waals surface area contributed by atoms with Gasteiger partial charge in [-0.15, -0.1) is 11.3 Å². The maximum Gasteiger partial charge on any atom is 0.0971 e. The van der Waals surface area contributed by atoms with Gasteiger partial charge in [-0.3, -0.25) is 0 Å². The average Bonchev–Trinajstić information content (AvgIpc) is 2.45. The monoisotopic (exact) mass is 222 g/mol. The van der Waals surface area contributed by atoms with Crippen LogP contribution in [0.5, 0.6) is 0 Å². The first-order valence-corrected chi connectivity index (χ1v) is 6.35. The third kappa shape index (κ3) is 2.67. The molecule has 0 saturated carbocycles. The first-order valence-electron chi connectivity index (χ1n) is 5.53. The molecule has 1 aromatic heterocycles. The van der Waals surface area contributed by atoms with Gasteiger partial charge in [-0.2, -0.15) is 0 Å². The second-order valence-corrected chi connectivity index (χ2v) is 5.59. The average molecular weight is 222 g/mol. The van der Waals surface area contributed by atoms with Crippen LogP contribution < -0.4 is 5.73 Å². The summed E-state index contributed by atoms with van der Waals surface area (Å²) in [7, 11) is 0. The Morgan fingerprint density at radius 1 is 1.53 bits per heavy atom. The molecule has 2 rings (SSSR count). The molecule has 1 aliphatic carbocycles. The zero-order valence-corrected chi connectivity index (χ0v) is 10.2. The van der Waals surface area contributed by atoms with Gasteiger partial charge in [-0.25, -0.2) is 4.98 Å². The van der Waals surface area contributed by atoms with Crippen LogP contribution in [-0.2, 0) is 6.42 Å². The number of hydrogen-bond acceptors (Lipinski definition) is 3. The molecule has 0 amide bonds. The van der Waals surface area contributed by atoms with Crippen LogP contribution in [0.2, 0.25) is 0 Å². The summed E-state index contributed by atoms with van der Waals surface area (Å²) in [6, 6.07) is 0.274. The molecule has 0 aliphatic heterocycles. The minimum absolute atomic E-state index is 0.274. The van der Waals surface area contributed by atoms with Crippen LogP contribution in [0.15, 0.2) is 11.6 Å². The highest BCUT2D eigenvalue weighted by molar-refractivity contribution is 7.11. The summed E-state index contributed by atoms with van der Waals surface area (Å²) in [5, 5.41) is 1.24. The predicted octanol–water partition coefficient (Wildman–Crippen LogP) is 2.74. The number of nitrogens with two attached hydrogens (primary N) is 1. The second kappa shape index (κ2) is 4.45. The van der Waals surface area contributed by atoms with E-state index >= 15 is 0 Å². The quantitative estimate of drug-likeness (QED) is 0.781. The molecule has 2 nitrogen and oxygen atoms in total. The number of aryl methyl sites for hydroxylation is 2. The molecule has 0 radical (unpaired) electrons. The number of rotatable bonds is 2. The third-order valence-corrected chi connectivity index (χ3v) is 4.01. The summed E-state index contributed by atoms with van der Waals surface area (Å²) in [4.78, 5) is 5.90. The predicted molar refractivity (Wildman–Crippen MR) is 65.2 cm³/mol. The molecule has 0 saturated heterocycles. The van der Waals surface area contributed by atoms with Gasteiger partial charge in [0.2, 0.25) is 0 Å². The zero-order valence-electron chi connectivity index (χ0n) is 9.42. The lowest BCUT2D eigenvalue weighted by atomic mass is 9.94. The molecule has 0 spiro atoms. The molecule has 0 bridgehead atoms. The maximum atomic E-state index is 5.92. The minimum atomic E-state index is 0.274. The molecule has 1 aromatic rings. The molecular formula is C12H18N2S. The molecular weight excluding hydrogens is 204 g/mol. The molecule has 2 N–H and O–H groups in total. The highest BCUT2D eigenvalue weighted by atomic mass is 32.1. The van der Waals surface area contributed by atoms with Gasteiger partial charge in [0, 0.05) is 17.3 Å². The number of allylic oxidation sites excluding steroid dienone is 1. The first-order chi connectivity index (χ1) is 7.15. The van der Waals surface area contributed by atoms with E-state index in [0.29, 0.717) is 0 Å². The lowest BCUT2D eigenvalue weighted by molar-refractivity contribution is 0.617. The van der Waals surface area contributed by atoms with E-state index < -0.39 is 0 Å². The SMILES string of the molecule is Cc1nc(CC2=CC(N)CCC2)sc1C. The van der Waals surface area contributed by atoms with E-state index in [2.05, 4.69) is 24.9 Å². The Bertz CT molecular complexity index is 359. The Balaban J connectivity index is 2.08. The maximum absolute atomic E-state index is 5.92. The van der Waals surface area contributed by atoms with E-state index in [1.807, 2.05) is 11.3 Å². The van der Waals surface area contributed by atoms with Gasteiger partial charge >= 0.3 is 0 Å². The van der Waals surface area contributed by atoms with E-state index in [4.69, 9.17) is 5.73 Å². The summed E-state index contributed by atoms with van der Waals surface area (Å²) in [6.07, 6.45) is 6.81. The van der Waals surface area contributed by atoms with Crippen molar-refractivity contribution in [3.8, 4) is 0 Å². The van der Waals surface area contributed by atoms with Crippen LogP contribution in [-0.4, -0.2) is 11.0 Å². The van der Waals surface area contributed by atoms with Crippen molar-refractivity contribution in [2.75, 3.05) is 0 Å². The molecule has 0 fully saturated rings. The zero-order chi connectivity index (χ0) is 10.8. The van der Waals surface area contributed by atoms with Crippen LogP contribution >= 0.6 is 11.3 Å². The molecule has 3 heteroatoms. The van der Waals surface area contributed by atoms with Crippen molar-refractivity contribution in [2.24, 2.45) is 5.73 Å². The van der Waals surface area contributed by atoms with Crippen LogP contribution in [0, 0.1) is 13.8 Å². The topological polar surface area (TPSA) is 38.9 Å². The van der Waals surface area contributed by atoms with Gasteiger partial charge < -0.3 is 5.73 Å². The van der Waals surface area contributed by atoms with E-state index in [1.54, 1.807) is 0 Å². The van der Waals surface area contributed by atoms with E-state index in [-0.39, 0.29) is 6.04 Å². The fourth-order valence-electron chi connectivity index (χ4n) is 1.99. The summed E-state index contributed by atoms with van der Waals surface area (Å²) < 4.78 is 0. The van der Waals surface area contributed by atoms with Crippen LogP contribution in [0.1, 0.15) is 34.8 Å². The molecule has 82 valence electrons. The van der Waals surface area contributed by atoms with Crippen LogP contribution in [0.4, 0.5) is 0 Å². The van der Waals surface area contributed by atoms with E-state index in [9.17, 15) is 0 Å². The molecule has 15 heavy (non-hydrogen) atoms. The van der Waals surface area contributed by atoms with Crippen molar-refractivity contribution in [1.29, 1.82) is 0 Å². The molecule has 1 aliphatic rings. The van der Waals surface area contributed by atoms with Gasteiger partial charge in [0.05, 0.1) is 10.7 Å². The summed E-state index contributed by atoms with van der Waals surface area (Å²) >= 11 is 1.82. The molecule has 1 atom stereocenters. The lowest BCUT2D eigenvalue weighted by Crippen LogP contribution is -2.20. The van der Waals surface area contributed by atoms with Crippen molar-refractivity contribution in [3.05, 3.63) is 27.2 Å². The number of aromatic nitrogens is 1. The van der Waals surface area contributed by atoms with Gasteiger partial charge in [0.25, 0.3) is 0 Å². The normalized spacial score (nSPS) is 21.5. The number of nitrogens with zero attached hydrogens (tertiary/aromatic N) is 1. The lowest BCUT2D eigenvalue weighted by Gasteiger charge is -2.16.